The third-order valence-electron chi connectivity index (χ3n) is 4.03. The average Bonchev–Trinajstić information content (AvgIpc) is 2.64. The number of ether oxygens (including phenoxy) is 1. The summed E-state index contributed by atoms with van der Waals surface area (Å²) in [5.74, 6) is 1.48. The highest BCUT2D eigenvalue weighted by molar-refractivity contribution is 7.86. The zero-order chi connectivity index (χ0) is 18.7. The fourth-order valence-corrected chi connectivity index (χ4v) is 3.59. The zero-order valence-electron chi connectivity index (χ0n) is 15.4. The van der Waals surface area contributed by atoms with E-state index in [1.807, 2.05) is 48.5 Å². The van der Waals surface area contributed by atoms with Crippen molar-refractivity contribution in [3.63, 3.8) is 0 Å². The monoisotopic (exact) mass is 376 g/mol. The topological polar surface area (TPSA) is 52.6 Å². The lowest BCUT2D eigenvalue weighted by atomic mass is 10.1. The summed E-state index contributed by atoms with van der Waals surface area (Å²) < 4.78 is 35.0. The number of benzene rings is 2. The van der Waals surface area contributed by atoms with Crippen molar-refractivity contribution in [1.82, 2.24) is 0 Å². The van der Waals surface area contributed by atoms with E-state index in [2.05, 4.69) is 6.92 Å². The molecule has 0 aliphatic rings. The molecule has 0 bridgehead atoms. The van der Waals surface area contributed by atoms with Crippen LogP contribution in [0, 0.1) is 0 Å². The Kier molecular flexibility index (Phi) is 8.65. The molecule has 5 heteroatoms. The Balaban J connectivity index is 1.78. The lowest BCUT2D eigenvalue weighted by Gasteiger charge is -2.09. The zero-order valence-corrected chi connectivity index (χ0v) is 16.2. The van der Waals surface area contributed by atoms with E-state index in [0.29, 0.717) is 12.2 Å². The Morgan fingerprint density at radius 3 is 2.27 bits per heavy atom. The SMILES string of the molecule is CCCCCCCCS(=O)(=O)OCc1cccc(Oc2ccccc2)c1. The van der Waals surface area contributed by atoms with Crippen LogP contribution in [0.25, 0.3) is 0 Å². The predicted molar refractivity (Wildman–Crippen MR) is 105 cm³/mol. The second-order valence-corrected chi connectivity index (χ2v) is 8.11. The molecule has 0 saturated heterocycles. The Morgan fingerprint density at radius 1 is 0.808 bits per heavy atom. The molecular weight excluding hydrogens is 348 g/mol. The predicted octanol–water partition coefficient (Wildman–Crippen LogP) is 5.69. The molecule has 2 aromatic carbocycles. The van der Waals surface area contributed by atoms with Gasteiger partial charge in [-0.15, -0.1) is 0 Å². The molecule has 0 heterocycles. The van der Waals surface area contributed by atoms with E-state index in [9.17, 15) is 8.42 Å². The van der Waals surface area contributed by atoms with Crippen LogP contribution in [-0.2, 0) is 20.9 Å². The van der Waals surface area contributed by atoms with Crippen LogP contribution in [0.5, 0.6) is 11.5 Å². The standard InChI is InChI=1S/C21H28O4S/c1-2-3-4-5-6-10-16-26(22,23)24-18-19-12-11-15-21(17-19)25-20-13-8-7-9-14-20/h7-9,11-15,17H,2-6,10,16,18H2,1H3. The first-order chi connectivity index (χ1) is 12.6. The summed E-state index contributed by atoms with van der Waals surface area (Å²) in [5.41, 5.74) is 0.768. The minimum absolute atomic E-state index is 0.0319. The molecule has 0 radical (unpaired) electrons. The van der Waals surface area contributed by atoms with E-state index in [-0.39, 0.29) is 12.4 Å². The largest absolute Gasteiger partial charge is 0.457 e. The first-order valence-corrected chi connectivity index (χ1v) is 10.9. The van der Waals surface area contributed by atoms with Crippen LogP contribution in [0.3, 0.4) is 0 Å². The molecule has 0 aliphatic carbocycles. The van der Waals surface area contributed by atoms with Crippen molar-refractivity contribution in [3.05, 3.63) is 60.2 Å². The van der Waals surface area contributed by atoms with Crippen LogP contribution in [0.2, 0.25) is 0 Å². The Morgan fingerprint density at radius 2 is 1.50 bits per heavy atom. The first kappa shape index (κ1) is 20.5. The second-order valence-electron chi connectivity index (χ2n) is 6.35. The van der Waals surface area contributed by atoms with Gasteiger partial charge in [0.2, 0.25) is 0 Å². The summed E-state index contributed by atoms with van der Waals surface area (Å²) in [6, 6.07) is 16.8. The van der Waals surface area contributed by atoms with Gasteiger partial charge in [0.25, 0.3) is 10.1 Å². The molecule has 2 rings (SSSR count). The summed E-state index contributed by atoms with van der Waals surface area (Å²) in [4.78, 5) is 0. The summed E-state index contributed by atoms with van der Waals surface area (Å²) in [7, 11) is -3.49. The van der Waals surface area contributed by atoms with Crippen LogP contribution < -0.4 is 4.74 Å². The number of hydrogen-bond acceptors (Lipinski definition) is 4. The quantitative estimate of drug-likeness (QED) is 0.353. The van der Waals surface area contributed by atoms with Gasteiger partial charge in [-0.05, 0) is 36.2 Å². The van der Waals surface area contributed by atoms with E-state index in [1.54, 1.807) is 6.07 Å². The minimum atomic E-state index is -3.49. The molecule has 142 valence electrons. The van der Waals surface area contributed by atoms with Crippen molar-refractivity contribution in [3.8, 4) is 11.5 Å². The fourth-order valence-electron chi connectivity index (χ4n) is 2.60. The molecule has 2 aromatic rings. The van der Waals surface area contributed by atoms with Crippen LogP contribution in [0.1, 0.15) is 51.0 Å². The number of para-hydroxylation sites is 1. The first-order valence-electron chi connectivity index (χ1n) is 9.28. The van der Waals surface area contributed by atoms with Gasteiger partial charge in [0.15, 0.2) is 0 Å². The van der Waals surface area contributed by atoms with Crippen LogP contribution in [-0.4, -0.2) is 14.2 Å². The van der Waals surface area contributed by atoms with E-state index in [4.69, 9.17) is 8.92 Å². The molecule has 4 nitrogen and oxygen atoms in total. The molecule has 26 heavy (non-hydrogen) atoms. The number of unbranched alkanes of at least 4 members (excludes halogenated alkanes) is 5. The Bertz CT molecular complexity index is 742. The summed E-state index contributed by atoms with van der Waals surface area (Å²) in [6.07, 6.45) is 6.25. The Hall–Kier alpha value is -1.85. The molecule has 0 aliphatic heterocycles. The van der Waals surface area contributed by atoms with Gasteiger partial charge < -0.3 is 4.74 Å². The van der Waals surface area contributed by atoms with Gasteiger partial charge in [-0.1, -0.05) is 69.4 Å². The molecule has 0 fully saturated rings. The van der Waals surface area contributed by atoms with Gasteiger partial charge in [-0.3, -0.25) is 4.18 Å². The highest BCUT2D eigenvalue weighted by Crippen LogP contribution is 2.22. The molecular formula is C21H28O4S. The molecule has 0 N–H and O–H groups in total. The normalized spacial score (nSPS) is 11.4. The van der Waals surface area contributed by atoms with Crippen molar-refractivity contribution in [1.29, 1.82) is 0 Å². The maximum atomic E-state index is 12.0. The lowest BCUT2D eigenvalue weighted by Crippen LogP contribution is -2.10. The summed E-state index contributed by atoms with van der Waals surface area (Å²) >= 11 is 0. The third kappa shape index (κ3) is 8.02. The summed E-state index contributed by atoms with van der Waals surface area (Å²) in [5, 5.41) is 0. The van der Waals surface area contributed by atoms with Gasteiger partial charge >= 0.3 is 0 Å². The minimum Gasteiger partial charge on any atom is -0.457 e. The van der Waals surface area contributed by atoms with Crippen molar-refractivity contribution in [2.24, 2.45) is 0 Å². The van der Waals surface area contributed by atoms with Gasteiger partial charge in [0.1, 0.15) is 11.5 Å². The van der Waals surface area contributed by atoms with Gasteiger partial charge in [-0.2, -0.15) is 8.42 Å². The number of rotatable bonds is 12. The molecule has 0 spiro atoms. The third-order valence-corrected chi connectivity index (χ3v) is 5.30. The van der Waals surface area contributed by atoms with Crippen LogP contribution >= 0.6 is 0 Å². The van der Waals surface area contributed by atoms with E-state index in [0.717, 1.165) is 24.2 Å². The van der Waals surface area contributed by atoms with Crippen molar-refractivity contribution >= 4 is 10.1 Å². The maximum Gasteiger partial charge on any atom is 0.267 e. The summed E-state index contributed by atoms with van der Waals surface area (Å²) in [6.45, 7) is 2.20. The van der Waals surface area contributed by atoms with Crippen molar-refractivity contribution in [2.45, 2.75) is 52.1 Å². The average molecular weight is 377 g/mol. The fraction of sp³-hybridized carbons (Fsp3) is 0.429. The molecule has 0 atom stereocenters. The van der Waals surface area contributed by atoms with Crippen molar-refractivity contribution in [2.75, 3.05) is 5.75 Å². The number of hydrogen-bond donors (Lipinski definition) is 0. The molecule has 0 amide bonds. The van der Waals surface area contributed by atoms with Crippen LogP contribution in [0.15, 0.2) is 54.6 Å². The van der Waals surface area contributed by atoms with E-state index >= 15 is 0 Å². The van der Waals surface area contributed by atoms with Gasteiger partial charge in [-0.25, -0.2) is 0 Å². The van der Waals surface area contributed by atoms with E-state index < -0.39 is 10.1 Å². The highest BCUT2D eigenvalue weighted by Gasteiger charge is 2.11. The lowest BCUT2D eigenvalue weighted by molar-refractivity contribution is 0.306. The van der Waals surface area contributed by atoms with Gasteiger partial charge in [0, 0.05) is 0 Å². The molecule has 0 aromatic heterocycles. The van der Waals surface area contributed by atoms with Gasteiger partial charge in [0.05, 0.1) is 12.4 Å². The van der Waals surface area contributed by atoms with Crippen molar-refractivity contribution < 1.29 is 17.3 Å². The van der Waals surface area contributed by atoms with Crippen LogP contribution in [0.4, 0.5) is 0 Å². The maximum absolute atomic E-state index is 12.0. The van der Waals surface area contributed by atoms with E-state index in [1.165, 1.54) is 19.3 Å². The second kappa shape index (κ2) is 11.0. The smallest absolute Gasteiger partial charge is 0.267 e. The molecule has 0 saturated carbocycles. The molecule has 0 unspecified atom stereocenters. The highest BCUT2D eigenvalue weighted by atomic mass is 32.2. The Labute approximate surface area is 157 Å².